The van der Waals surface area contributed by atoms with E-state index >= 15 is 0 Å². The van der Waals surface area contributed by atoms with E-state index in [-0.39, 0.29) is 0 Å². The van der Waals surface area contributed by atoms with Gasteiger partial charge < -0.3 is 9.30 Å². The predicted molar refractivity (Wildman–Crippen MR) is 127 cm³/mol. The van der Waals surface area contributed by atoms with Crippen molar-refractivity contribution in [3.8, 4) is 5.75 Å². The Balaban J connectivity index is 1.38. The van der Waals surface area contributed by atoms with E-state index in [0.717, 1.165) is 53.9 Å². The summed E-state index contributed by atoms with van der Waals surface area (Å²) >= 11 is 7.79. The third-order valence-corrected chi connectivity index (χ3v) is 6.30. The molecule has 154 valence electrons. The highest BCUT2D eigenvalue weighted by Crippen LogP contribution is 2.26. The van der Waals surface area contributed by atoms with E-state index in [1.165, 1.54) is 16.0 Å². The highest BCUT2D eigenvalue weighted by atomic mass is 35.5. The van der Waals surface area contributed by atoms with Gasteiger partial charge in [0.05, 0.1) is 23.4 Å². The summed E-state index contributed by atoms with van der Waals surface area (Å²) in [7, 11) is 0. The molecule has 0 N–H and O–H groups in total. The van der Waals surface area contributed by atoms with Crippen LogP contribution in [0.5, 0.6) is 5.75 Å². The van der Waals surface area contributed by atoms with Crippen molar-refractivity contribution in [1.82, 2.24) is 9.55 Å². The van der Waals surface area contributed by atoms with E-state index in [0.29, 0.717) is 0 Å². The Morgan fingerprint density at radius 3 is 2.53 bits per heavy atom. The molecule has 0 fully saturated rings. The summed E-state index contributed by atoms with van der Waals surface area (Å²) in [6.45, 7) is 3.75. The predicted octanol–water partition coefficient (Wildman–Crippen LogP) is 7.15. The molecule has 0 aliphatic carbocycles. The van der Waals surface area contributed by atoms with Crippen LogP contribution in [0.3, 0.4) is 0 Å². The maximum atomic E-state index is 6.00. The van der Waals surface area contributed by atoms with Crippen molar-refractivity contribution in [2.24, 2.45) is 0 Å². The lowest BCUT2D eigenvalue weighted by Crippen LogP contribution is -2.06. The summed E-state index contributed by atoms with van der Waals surface area (Å²) in [6.07, 6.45) is 2.05. The van der Waals surface area contributed by atoms with Crippen LogP contribution >= 0.6 is 23.4 Å². The molecule has 3 aromatic carbocycles. The number of para-hydroxylation sites is 3. The summed E-state index contributed by atoms with van der Waals surface area (Å²) in [4.78, 5) is 6.09. The summed E-state index contributed by atoms with van der Waals surface area (Å²) in [6, 6.07) is 24.5. The number of nitrogens with zero attached hydrogens (tertiary/aromatic N) is 2. The fraction of sp³-hybridized carbons (Fsp3) is 0.240. The van der Waals surface area contributed by atoms with Gasteiger partial charge in [-0.2, -0.15) is 0 Å². The first-order valence-corrected chi connectivity index (χ1v) is 11.6. The van der Waals surface area contributed by atoms with Gasteiger partial charge in [0.15, 0.2) is 0 Å². The summed E-state index contributed by atoms with van der Waals surface area (Å²) in [5, 5.41) is 0.763. The standard InChI is InChI=1S/C25H25ClN2OS/c1-19-8-2-5-11-24(19)29-17-7-6-16-28-23-10-4-3-9-22(23)27-25(28)18-30-21-14-12-20(26)13-15-21/h2-5,8-15H,6-7,16-18H2,1H3. The van der Waals surface area contributed by atoms with Crippen molar-refractivity contribution >= 4 is 34.4 Å². The van der Waals surface area contributed by atoms with Crippen LogP contribution in [-0.2, 0) is 12.3 Å². The Morgan fingerprint density at radius 1 is 0.933 bits per heavy atom. The number of thioether (sulfide) groups is 1. The minimum Gasteiger partial charge on any atom is -0.493 e. The van der Waals surface area contributed by atoms with Crippen molar-refractivity contribution in [3.63, 3.8) is 0 Å². The van der Waals surface area contributed by atoms with Crippen LogP contribution in [0.2, 0.25) is 5.02 Å². The average molecular weight is 437 g/mol. The minimum atomic E-state index is 0.729. The molecule has 0 bridgehead atoms. The van der Waals surface area contributed by atoms with Gasteiger partial charge >= 0.3 is 0 Å². The van der Waals surface area contributed by atoms with Gasteiger partial charge in [0.25, 0.3) is 0 Å². The molecule has 0 aliphatic heterocycles. The molecule has 30 heavy (non-hydrogen) atoms. The number of unbranched alkanes of at least 4 members (excludes halogenated alkanes) is 1. The molecule has 0 amide bonds. The molecule has 0 saturated heterocycles. The second-order valence-electron chi connectivity index (χ2n) is 7.23. The van der Waals surface area contributed by atoms with E-state index in [2.05, 4.69) is 47.9 Å². The lowest BCUT2D eigenvalue weighted by atomic mass is 10.2. The number of hydrogen-bond donors (Lipinski definition) is 0. The lowest BCUT2D eigenvalue weighted by molar-refractivity contribution is 0.301. The van der Waals surface area contributed by atoms with Gasteiger partial charge in [0.2, 0.25) is 0 Å². The van der Waals surface area contributed by atoms with Gasteiger partial charge in [-0.05, 0) is 67.8 Å². The average Bonchev–Trinajstić information content (AvgIpc) is 3.12. The highest BCUT2D eigenvalue weighted by Gasteiger charge is 2.11. The van der Waals surface area contributed by atoms with Crippen LogP contribution in [0.15, 0.2) is 77.7 Å². The quantitative estimate of drug-likeness (QED) is 0.206. The van der Waals surface area contributed by atoms with Crippen molar-refractivity contribution in [2.45, 2.75) is 37.0 Å². The zero-order chi connectivity index (χ0) is 20.8. The zero-order valence-corrected chi connectivity index (χ0v) is 18.6. The Morgan fingerprint density at radius 2 is 1.70 bits per heavy atom. The molecule has 3 nitrogen and oxygen atoms in total. The van der Waals surface area contributed by atoms with Crippen molar-refractivity contribution in [3.05, 3.63) is 89.2 Å². The Labute approximate surface area is 187 Å². The van der Waals surface area contributed by atoms with Crippen molar-refractivity contribution < 1.29 is 4.74 Å². The summed E-state index contributed by atoms with van der Waals surface area (Å²) in [5.74, 6) is 2.91. The van der Waals surface area contributed by atoms with Crippen LogP contribution in [-0.4, -0.2) is 16.2 Å². The largest absolute Gasteiger partial charge is 0.493 e. The highest BCUT2D eigenvalue weighted by molar-refractivity contribution is 7.98. The van der Waals surface area contributed by atoms with Crippen LogP contribution < -0.4 is 4.74 Å². The van der Waals surface area contributed by atoms with E-state index in [1.54, 1.807) is 11.8 Å². The van der Waals surface area contributed by atoms with Crippen LogP contribution in [0.25, 0.3) is 11.0 Å². The number of aromatic nitrogens is 2. The molecular formula is C25H25ClN2OS. The molecule has 4 aromatic rings. The van der Waals surface area contributed by atoms with Crippen LogP contribution in [0.1, 0.15) is 24.2 Å². The molecule has 0 spiro atoms. The van der Waals surface area contributed by atoms with Gasteiger partial charge in [-0.1, -0.05) is 41.9 Å². The van der Waals surface area contributed by atoms with Gasteiger partial charge in [-0.25, -0.2) is 4.98 Å². The normalized spacial score (nSPS) is 11.1. The minimum absolute atomic E-state index is 0.729. The second kappa shape index (κ2) is 10.1. The molecule has 1 aromatic heterocycles. The number of imidazole rings is 1. The van der Waals surface area contributed by atoms with E-state index < -0.39 is 0 Å². The number of aryl methyl sites for hydroxylation is 2. The molecule has 4 rings (SSSR count). The first kappa shape index (κ1) is 20.8. The van der Waals surface area contributed by atoms with Crippen molar-refractivity contribution in [1.29, 1.82) is 0 Å². The smallest absolute Gasteiger partial charge is 0.122 e. The third kappa shape index (κ3) is 5.18. The molecular weight excluding hydrogens is 412 g/mol. The molecule has 0 aliphatic rings. The Bertz CT molecular complexity index is 1110. The van der Waals surface area contributed by atoms with Gasteiger partial charge in [-0.3, -0.25) is 0 Å². The Kier molecular flexibility index (Phi) is 6.98. The van der Waals surface area contributed by atoms with Crippen LogP contribution in [0.4, 0.5) is 0 Å². The van der Waals surface area contributed by atoms with E-state index in [9.17, 15) is 0 Å². The summed E-state index contributed by atoms with van der Waals surface area (Å²) < 4.78 is 8.30. The molecule has 5 heteroatoms. The molecule has 0 atom stereocenters. The number of rotatable bonds is 9. The van der Waals surface area contributed by atoms with E-state index in [4.69, 9.17) is 21.3 Å². The van der Waals surface area contributed by atoms with Gasteiger partial charge in [0, 0.05) is 16.5 Å². The first-order chi connectivity index (χ1) is 14.7. The number of halogens is 1. The first-order valence-electron chi connectivity index (χ1n) is 10.2. The Hall–Kier alpha value is -2.43. The fourth-order valence-electron chi connectivity index (χ4n) is 3.44. The number of benzene rings is 3. The van der Waals surface area contributed by atoms with Gasteiger partial charge in [0.1, 0.15) is 11.6 Å². The number of hydrogen-bond acceptors (Lipinski definition) is 3. The van der Waals surface area contributed by atoms with Gasteiger partial charge in [-0.15, -0.1) is 11.8 Å². The second-order valence-corrected chi connectivity index (χ2v) is 8.72. The maximum absolute atomic E-state index is 6.00. The zero-order valence-electron chi connectivity index (χ0n) is 17.1. The maximum Gasteiger partial charge on any atom is 0.122 e. The molecule has 0 unspecified atom stereocenters. The molecule has 0 saturated carbocycles. The lowest BCUT2D eigenvalue weighted by Gasteiger charge is -2.11. The van der Waals surface area contributed by atoms with E-state index in [1.807, 2.05) is 36.4 Å². The number of fused-ring (bicyclic) bond motifs is 1. The molecule has 1 heterocycles. The third-order valence-electron chi connectivity index (χ3n) is 5.04. The topological polar surface area (TPSA) is 27.1 Å². The molecule has 0 radical (unpaired) electrons. The van der Waals surface area contributed by atoms with Crippen LogP contribution in [0, 0.1) is 6.92 Å². The fourth-order valence-corrected chi connectivity index (χ4v) is 4.41. The van der Waals surface area contributed by atoms with Crippen molar-refractivity contribution in [2.75, 3.05) is 6.61 Å². The summed E-state index contributed by atoms with van der Waals surface area (Å²) in [5.41, 5.74) is 3.43. The monoisotopic (exact) mass is 436 g/mol. The SMILES string of the molecule is Cc1ccccc1OCCCCn1c(CSc2ccc(Cl)cc2)nc2ccccc21. The number of ether oxygens (including phenoxy) is 1.